The molecule has 0 aliphatic heterocycles. The molecule has 2 N–H and O–H groups in total. The molecule has 146 valence electrons. The topological polar surface area (TPSA) is 58.2 Å². The molecule has 8 unspecified atom stereocenters. The van der Waals surface area contributed by atoms with Gasteiger partial charge in [0.05, 0.1) is 0 Å². The molecule has 0 heterocycles. The fourth-order valence-electron chi connectivity index (χ4n) is 6.67. The van der Waals surface area contributed by atoms with Gasteiger partial charge in [0.1, 0.15) is 11.6 Å². The van der Waals surface area contributed by atoms with E-state index in [1.165, 1.54) is 25.7 Å². The third-order valence-corrected chi connectivity index (χ3v) is 7.95. The Labute approximate surface area is 158 Å². The molecule has 0 aromatic rings. The van der Waals surface area contributed by atoms with Crippen LogP contribution in [0, 0.1) is 29.6 Å². The highest BCUT2D eigenvalue weighted by atomic mass is 16.1. The lowest BCUT2D eigenvalue weighted by molar-refractivity contribution is -0.153. The molecule has 4 rings (SSSR count). The summed E-state index contributed by atoms with van der Waals surface area (Å²) in [5.41, 5.74) is 0. The van der Waals surface area contributed by atoms with Crippen LogP contribution in [-0.4, -0.2) is 36.7 Å². The normalized spacial score (nSPS) is 46.5. The predicted octanol–water partition coefficient (Wildman–Crippen LogP) is 3.10. The summed E-state index contributed by atoms with van der Waals surface area (Å²) in [5, 5.41) is 7.26. The van der Waals surface area contributed by atoms with Gasteiger partial charge in [0.15, 0.2) is 0 Å². The monoisotopic (exact) mass is 360 g/mol. The van der Waals surface area contributed by atoms with Gasteiger partial charge in [-0.15, -0.1) is 0 Å². The second kappa shape index (κ2) is 7.71. The Morgan fingerprint density at radius 1 is 0.769 bits per heavy atom. The van der Waals surface area contributed by atoms with E-state index in [0.29, 0.717) is 17.6 Å². The first-order chi connectivity index (χ1) is 12.6. The highest BCUT2D eigenvalue weighted by Gasteiger charge is 2.56. The number of carbonyl (C=O) groups excluding carboxylic acids is 2. The van der Waals surface area contributed by atoms with Crippen LogP contribution < -0.4 is 10.6 Å². The maximum atomic E-state index is 13.5. The predicted molar refractivity (Wildman–Crippen MR) is 103 cm³/mol. The Bertz CT molecular complexity index is 548. The third-order valence-electron chi connectivity index (χ3n) is 7.95. The van der Waals surface area contributed by atoms with Crippen LogP contribution in [0.5, 0.6) is 0 Å². The van der Waals surface area contributed by atoms with E-state index in [9.17, 15) is 9.59 Å². The largest absolute Gasteiger partial charge is 0.316 e. The van der Waals surface area contributed by atoms with Crippen LogP contribution in [-0.2, 0) is 9.59 Å². The van der Waals surface area contributed by atoms with Gasteiger partial charge in [0.25, 0.3) is 0 Å². The zero-order valence-corrected chi connectivity index (χ0v) is 16.5. The number of fused-ring (bicyclic) bond motifs is 2. The molecule has 0 aromatic carbocycles. The van der Waals surface area contributed by atoms with Gasteiger partial charge in [-0.3, -0.25) is 9.59 Å². The summed E-state index contributed by atoms with van der Waals surface area (Å²) in [6, 6.07) is 0.921. The Kier molecular flexibility index (Phi) is 5.52. The number of hydrogen-bond acceptors (Lipinski definition) is 4. The molecule has 0 radical (unpaired) electrons. The van der Waals surface area contributed by atoms with Crippen LogP contribution in [0.15, 0.2) is 0 Å². The van der Waals surface area contributed by atoms with Gasteiger partial charge >= 0.3 is 0 Å². The van der Waals surface area contributed by atoms with Gasteiger partial charge < -0.3 is 10.6 Å². The van der Waals surface area contributed by atoms with Crippen molar-refractivity contribution in [1.82, 2.24) is 10.6 Å². The van der Waals surface area contributed by atoms with Crippen molar-refractivity contribution in [2.24, 2.45) is 29.6 Å². The molecule has 4 fully saturated rings. The van der Waals surface area contributed by atoms with E-state index in [1.54, 1.807) is 0 Å². The molecule has 0 bridgehead atoms. The zero-order valence-electron chi connectivity index (χ0n) is 16.5. The summed E-state index contributed by atoms with van der Waals surface area (Å²) in [6.07, 6.45) is 11.2. The summed E-state index contributed by atoms with van der Waals surface area (Å²) in [5.74, 6) is 1.44. The van der Waals surface area contributed by atoms with Crippen molar-refractivity contribution >= 4 is 11.6 Å². The fourth-order valence-corrected chi connectivity index (χ4v) is 6.67. The molecule has 0 saturated heterocycles. The van der Waals surface area contributed by atoms with Crippen LogP contribution in [0.1, 0.15) is 71.1 Å². The molecule has 26 heavy (non-hydrogen) atoms. The Balaban J connectivity index is 1.57. The quantitative estimate of drug-likeness (QED) is 0.812. The molecular formula is C22H36N2O2. The fraction of sp³-hybridized carbons (Fsp3) is 0.909. The average molecular weight is 361 g/mol. The summed E-state index contributed by atoms with van der Waals surface area (Å²) in [6.45, 7) is 2.34. The van der Waals surface area contributed by atoms with Crippen molar-refractivity contribution in [3.63, 3.8) is 0 Å². The number of carbonyl (C=O) groups is 2. The minimum atomic E-state index is -0.0980. The first kappa shape index (κ1) is 18.6. The van der Waals surface area contributed by atoms with Crippen LogP contribution in [0.3, 0.4) is 0 Å². The highest BCUT2D eigenvalue weighted by Crippen LogP contribution is 2.46. The number of hydrogen-bond donors (Lipinski definition) is 2. The molecule has 4 aliphatic rings. The van der Waals surface area contributed by atoms with Crippen molar-refractivity contribution in [2.75, 3.05) is 7.05 Å². The van der Waals surface area contributed by atoms with Crippen molar-refractivity contribution in [2.45, 2.75) is 89.3 Å². The Morgan fingerprint density at radius 3 is 2.00 bits per heavy atom. The number of rotatable bonds is 3. The van der Waals surface area contributed by atoms with Crippen molar-refractivity contribution in [3.05, 3.63) is 0 Å². The highest BCUT2D eigenvalue weighted by molar-refractivity contribution is 6.00. The van der Waals surface area contributed by atoms with Crippen molar-refractivity contribution in [1.29, 1.82) is 0 Å². The SMILES string of the molecule is CNC1CCC(NC2CCCC(C)C2)C2C(=O)C3CCCCC3C(=O)C12. The van der Waals surface area contributed by atoms with E-state index < -0.39 is 0 Å². The van der Waals surface area contributed by atoms with Crippen LogP contribution in [0.25, 0.3) is 0 Å². The van der Waals surface area contributed by atoms with Gasteiger partial charge in [-0.1, -0.05) is 32.6 Å². The smallest absolute Gasteiger partial charge is 0.142 e. The summed E-state index contributed by atoms with van der Waals surface area (Å²) in [4.78, 5) is 26.9. The maximum absolute atomic E-state index is 13.5. The lowest BCUT2D eigenvalue weighted by Crippen LogP contribution is -2.63. The van der Waals surface area contributed by atoms with Gasteiger partial charge in [-0.25, -0.2) is 0 Å². The summed E-state index contributed by atoms with van der Waals surface area (Å²) < 4.78 is 0. The van der Waals surface area contributed by atoms with E-state index >= 15 is 0 Å². The summed E-state index contributed by atoms with van der Waals surface area (Å²) >= 11 is 0. The van der Waals surface area contributed by atoms with E-state index in [2.05, 4.69) is 17.6 Å². The van der Waals surface area contributed by atoms with Gasteiger partial charge in [0, 0.05) is 41.8 Å². The molecule has 4 heteroatoms. The van der Waals surface area contributed by atoms with Crippen molar-refractivity contribution in [3.8, 4) is 0 Å². The first-order valence-electron chi connectivity index (χ1n) is 11.1. The van der Waals surface area contributed by atoms with Gasteiger partial charge in [-0.2, -0.15) is 0 Å². The van der Waals surface area contributed by atoms with Gasteiger partial charge in [0.2, 0.25) is 0 Å². The molecule has 0 aromatic heterocycles. The van der Waals surface area contributed by atoms with Crippen LogP contribution >= 0.6 is 0 Å². The lowest BCUT2D eigenvalue weighted by Gasteiger charge is -2.50. The average Bonchev–Trinajstić information content (AvgIpc) is 2.66. The van der Waals surface area contributed by atoms with Gasteiger partial charge in [-0.05, 0) is 51.5 Å². The van der Waals surface area contributed by atoms with Crippen LogP contribution in [0.4, 0.5) is 0 Å². The maximum Gasteiger partial charge on any atom is 0.142 e. The number of ketones is 2. The third kappa shape index (κ3) is 3.28. The minimum absolute atomic E-state index is 0.0156. The second-order valence-electron chi connectivity index (χ2n) is 9.57. The van der Waals surface area contributed by atoms with E-state index in [-0.39, 0.29) is 35.8 Å². The van der Waals surface area contributed by atoms with Crippen molar-refractivity contribution < 1.29 is 9.59 Å². The first-order valence-corrected chi connectivity index (χ1v) is 11.1. The Morgan fingerprint density at radius 2 is 1.38 bits per heavy atom. The molecule has 0 amide bonds. The molecule has 0 spiro atoms. The summed E-state index contributed by atoms with van der Waals surface area (Å²) in [7, 11) is 1.96. The molecule has 4 saturated carbocycles. The molecule has 8 atom stereocenters. The zero-order chi connectivity index (χ0) is 18.3. The minimum Gasteiger partial charge on any atom is -0.316 e. The van der Waals surface area contributed by atoms with E-state index in [4.69, 9.17) is 0 Å². The van der Waals surface area contributed by atoms with Crippen LogP contribution in [0.2, 0.25) is 0 Å². The number of nitrogens with one attached hydrogen (secondary N) is 2. The van der Waals surface area contributed by atoms with E-state index in [0.717, 1.165) is 44.4 Å². The molecule has 4 aliphatic carbocycles. The second-order valence-corrected chi connectivity index (χ2v) is 9.57. The Hall–Kier alpha value is -0.740. The lowest BCUT2D eigenvalue weighted by atomic mass is 9.56. The standard InChI is InChI=1S/C22H36N2O2/c1-13-6-5-7-14(12-13)24-18-11-10-17(23-2)19-20(18)22(26)16-9-4-3-8-15(16)21(19)25/h13-20,23-24H,3-12H2,1-2H3. The molecule has 4 nitrogen and oxygen atoms in total. The number of Topliss-reactive ketones (excluding diaryl/α,β-unsaturated/α-hetero) is 2. The van der Waals surface area contributed by atoms with E-state index in [1.807, 2.05) is 7.05 Å². The molecular weight excluding hydrogens is 324 g/mol.